The average molecular weight is 378 g/mol. The maximum Gasteiger partial charge on any atom is 0.328 e. The number of carbonyl (C=O) groups excluding carboxylic acids is 3. The number of benzene rings is 1. The number of anilines is 1. The highest BCUT2D eigenvalue weighted by Gasteiger charge is 2.23. The monoisotopic (exact) mass is 378 g/mol. The third-order valence-electron chi connectivity index (χ3n) is 3.97. The van der Waals surface area contributed by atoms with Gasteiger partial charge in [0, 0.05) is 18.5 Å². The van der Waals surface area contributed by atoms with Gasteiger partial charge in [0.25, 0.3) is 0 Å². The van der Waals surface area contributed by atoms with Gasteiger partial charge in [-0.15, -0.1) is 0 Å². The zero-order chi connectivity index (χ0) is 20.4. The van der Waals surface area contributed by atoms with Crippen molar-refractivity contribution in [2.75, 3.05) is 19.5 Å². The first-order valence-corrected chi connectivity index (χ1v) is 9.06. The van der Waals surface area contributed by atoms with Crippen LogP contribution >= 0.6 is 0 Å². The first-order valence-electron chi connectivity index (χ1n) is 9.06. The largest absolute Gasteiger partial charge is 0.497 e. The SMILES string of the molecule is COC(=O)[C@@H](CC(C)C)NC(=O)C[C@@H](C)CC(=O)Nc1ccc(OC)cc1. The second kappa shape index (κ2) is 11.2. The molecule has 27 heavy (non-hydrogen) atoms. The van der Waals surface area contributed by atoms with Gasteiger partial charge in [-0.25, -0.2) is 4.79 Å². The number of esters is 1. The molecule has 0 saturated carbocycles. The van der Waals surface area contributed by atoms with Gasteiger partial charge in [-0.05, 0) is 42.5 Å². The number of hydrogen-bond acceptors (Lipinski definition) is 5. The van der Waals surface area contributed by atoms with Gasteiger partial charge in [0.2, 0.25) is 11.8 Å². The minimum absolute atomic E-state index is 0.154. The van der Waals surface area contributed by atoms with Gasteiger partial charge < -0.3 is 20.1 Å². The molecule has 7 heteroatoms. The smallest absolute Gasteiger partial charge is 0.328 e. The van der Waals surface area contributed by atoms with Crippen molar-refractivity contribution in [3.63, 3.8) is 0 Å². The summed E-state index contributed by atoms with van der Waals surface area (Å²) >= 11 is 0. The Hall–Kier alpha value is -2.57. The van der Waals surface area contributed by atoms with Crippen molar-refractivity contribution in [3.05, 3.63) is 24.3 Å². The first kappa shape index (κ1) is 22.5. The van der Waals surface area contributed by atoms with Crippen molar-refractivity contribution < 1.29 is 23.9 Å². The van der Waals surface area contributed by atoms with Crippen LogP contribution in [0, 0.1) is 11.8 Å². The third kappa shape index (κ3) is 8.57. The fourth-order valence-corrected chi connectivity index (χ4v) is 2.67. The normalized spacial score (nSPS) is 12.8. The molecule has 2 amide bonds. The highest BCUT2D eigenvalue weighted by Crippen LogP contribution is 2.16. The fraction of sp³-hybridized carbons (Fsp3) is 0.550. The van der Waals surface area contributed by atoms with E-state index in [2.05, 4.69) is 10.6 Å². The number of carbonyl (C=O) groups is 3. The summed E-state index contributed by atoms with van der Waals surface area (Å²) in [5, 5.41) is 5.50. The molecule has 0 bridgehead atoms. The van der Waals surface area contributed by atoms with Gasteiger partial charge in [0.15, 0.2) is 0 Å². The summed E-state index contributed by atoms with van der Waals surface area (Å²) in [6, 6.07) is 6.35. The zero-order valence-electron chi connectivity index (χ0n) is 16.7. The summed E-state index contributed by atoms with van der Waals surface area (Å²) in [7, 11) is 2.88. The lowest BCUT2D eigenvalue weighted by Crippen LogP contribution is -2.42. The van der Waals surface area contributed by atoms with Gasteiger partial charge >= 0.3 is 5.97 Å². The van der Waals surface area contributed by atoms with Crippen LogP contribution in [-0.4, -0.2) is 38.0 Å². The number of nitrogens with one attached hydrogen (secondary N) is 2. The lowest BCUT2D eigenvalue weighted by Gasteiger charge is -2.19. The van der Waals surface area contributed by atoms with E-state index in [4.69, 9.17) is 9.47 Å². The van der Waals surface area contributed by atoms with E-state index < -0.39 is 12.0 Å². The summed E-state index contributed by atoms with van der Waals surface area (Å²) in [5.41, 5.74) is 0.667. The molecule has 0 heterocycles. The van der Waals surface area contributed by atoms with Crippen molar-refractivity contribution in [3.8, 4) is 5.75 Å². The molecule has 1 rings (SSSR count). The van der Waals surface area contributed by atoms with Crippen molar-refractivity contribution in [2.24, 2.45) is 11.8 Å². The molecule has 0 aromatic heterocycles. The van der Waals surface area contributed by atoms with Crippen LogP contribution in [0.15, 0.2) is 24.3 Å². The highest BCUT2D eigenvalue weighted by molar-refractivity contribution is 5.91. The lowest BCUT2D eigenvalue weighted by molar-refractivity contribution is -0.145. The van der Waals surface area contributed by atoms with E-state index >= 15 is 0 Å². The van der Waals surface area contributed by atoms with Crippen molar-refractivity contribution in [2.45, 2.75) is 46.1 Å². The lowest BCUT2D eigenvalue weighted by atomic mass is 10.0. The molecule has 0 radical (unpaired) electrons. The van der Waals surface area contributed by atoms with E-state index in [1.165, 1.54) is 7.11 Å². The summed E-state index contributed by atoms with van der Waals surface area (Å²) in [6.07, 6.45) is 0.860. The number of hydrogen-bond donors (Lipinski definition) is 2. The van der Waals surface area contributed by atoms with Crippen molar-refractivity contribution >= 4 is 23.5 Å². The molecular weight excluding hydrogens is 348 g/mol. The molecule has 0 fully saturated rings. The summed E-state index contributed by atoms with van der Waals surface area (Å²) in [4.78, 5) is 36.1. The summed E-state index contributed by atoms with van der Waals surface area (Å²) < 4.78 is 9.81. The minimum Gasteiger partial charge on any atom is -0.497 e. The molecule has 2 atom stereocenters. The Morgan fingerprint density at radius 1 is 0.963 bits per heavy atom. The van der Waals surface area contributed by atoms with Crippen LogP contribution < -0.4 is 15.4 Å². The summed E-state index contributed by atoms with van der Waals surface area (Å²) in [6.45, 7) is 5.76. The van der Waals surface area contributed by atoms with Crippen LogP contribution in [0.1, 0.15) is 40.0 Å². The van der Waals surface area contributed by atoms with Gasteiger partial charge in [-0.3, -0.25) is 9.59 Å². The van der Waals surface area contributed by atoms with E-state index in [1.54, 1.807) is 31.4 Å². The minimum atomic E-state index is -0.664. The second-order valence-electron chi connectivity index (χ2n) is 7.06. The van der Waals surface area contributed by atoms with Crippen molar-refractivity contribution in [1.29, 1.82) is 0 Å². The Bertz CT molecular complexity index is 628. The Balaban J connectivity index is 2.48. The maximum absolute atomic E-state index is 12.2. The van der Waals surface area contributed by atoms with Crippen LogP contribution in [0.3, 0.4) is 0 Å². The van der Waals surface area contributed by atoms with E-state index in [9.17, 15) is 14.4 Å². The standard InChI is InChI=1S/C20H30N2O5/c1-13(2)10-17(20(25)27-5)22-19(24)12-14(3)11-18(23)21-15-6-8-16(26-4)9-7-15/h6-9,13-14,17H,10-12H2,1-5H3,(H,21,23)(H,22,24)/t14-,17+/m0/s1. The molecule has 0 unspecified atom stereocenters. The second-order valence-corrected chi connectivity index (χ2v) is 7.06. The number of ether oxygens (including phenoxy) is 2. The molecule has 0 aliphatic carbocycles. The first-order chi connectivity index (χ1) is 12.7. The van der Waals surface area contributed by atoms with Crippen LogP contribution in [0.4, 0.5) is 5.69 Å². The van der Waals surface area contributed by atoms with Gasteiger partial charge in [-0.1, -0.05) is 20.8 Å². The van der Waals surface area contributed by atoms with Gasteiger partial charge in [0.1, 0.15) is 11.8 Å². The molecule has 2 N–H and O–H groups in total. The molecule has 150 valence electrons. The molecular formula is C20H30N2O5. The number of methoxy groups -OCH3 is 2. The Morgan fingerprint density at radius 3 is 2.07 bits per heavy atom. The van der Waals surface area contributed by atoms with E-state index in [1.807, 2.05) is 20.8 Å². The third-order valence-corrected chi connectivity index (χ3v) is 3.97. The van der Waals surface area contributed by atoms with Gasteiger partial charge in [0.05, 0.1) is 14.2 Å². The molecule has 0 saturated heterocycles. The average Bonchev–Trinajstić information content (AvgIpc) is 2.60. The number of rotatable bonds is 10. The topological polar surface area (TPSA) is 93.7 Å². The Kier molecular flexibility index (Phi) is 9.33. The van der Waals surface area contributed by atoms with Crippen molar-refractivity contribution in [1.82, 2.24) is 5.32 Å². The predicted octanol–water partition coefficient (Wildman–Crippen LogP) is 2.75. The molecule has 7 nitrogen and oxygen atoms in total. The molecule has 0 spiro atoms. The summed E-state index contributed by atoms with van der Waals surface area (Å²) in [5.74, 6) is -0.118. The van der Waals surface area contributed by atoms with Crippen LogP contribution in [0.2, 0.25) is 0 Å². The molecule has 0 aliphatic heterocycles. The Morgan fingerprint density at radius 2 is 1.56 bits per heavy atom. The van der Waals surface area contributed by atoms with E-state index in [-0.39, 0.29) is 36.5 Å². The zero-order valence-corrected chi connectivity index (χ0v) is 16.7. The fourth-order valence-electron chi connectivity index (χ4n) is 2.67. The highest BCUT2D eigenvalue weighted by atomic mass is 16.5. The maximum atomic E-state index is 12.2. The quantitative estimate of drug-likeness (QED) is 0.611. The van der Waals surface area contributed by atoms with Gasteiger partial charge in [-0.2, -0.15) is 0 Å². The Labute approximate surface area is 160 Å². The molecule has 1 aromatic carbocycles. The van der Waals surface area contributed by atoms with Crippen LogP contribution in [0.5, 0.6) is 5.75 Å². The van der Waals surface area contributed by atoms with E-state index in [0.29, 0.717) is 17.9 Å². The predicted molar refractivity (Wildman–Crippen MR) is 103 cm³/mol. The van der Waals surface area contributed by atoms with Crippen LogP contribution in [0.25, 0.3) is 0 Å². The van der Waals surface area contributed by atoms with Crippen LogP contribution in [-0.2, 0) is 19.1 Å². The van der Waals surface area contributed by atoms with E-state index in [0.717, 1.165) is 0 Å². The molecule has 1 aromatic rings. The molecule has 0 aliphatic rings. The number of amides is 2.